The average molecular weight is 192 g/mol. The molecule has 11 heavy (non-hydrogen) atoms. The topological polar surface area (TPSA) is 0 Å². The van der Waals surface area contributed by atoms with Gasteiger partial charge in [-0.2, -0.15) is 8.78 Å². The predicted molar refractivity (Wildman–Crippen MR) is 31.8 cm³/mol. The van der Waals surface area contributed by atoms with Gasteiger partial charge < -0.3 is 0 Å². The maximum Gasteiger partial charge on any atom is 0.305 e. The molecular formula is C5H5F5S. The Morgan fingerprint density at radius 2 is 1.82 bits per heavy atom. The SMILES string of the molecule is FCC1C(F)(F)CSC1(F)F. The van der Waals surface area contributed by atoms with Crippen molar-refractivity contribution < 1.29 is 22.0 Å². The summed E-state index contributed by atoms with van der Waals surface area (Å²) in [5, 5.41) is -3.61. The highest BCUT2D eigenvalue weighted by Gasteiger charge is 2.61. The van der Waals surface area contributed by atoms with Gasteiger partial charge in [-0.15, -0.1) is 0 Å². The van der Waals surface area contributed by atoms with Crippen LogP contribution in [0.2, 0.25) is 0 Å². The van der Waals surface area contributed by atoms with Gasteiger partial charge in [0.2, 0.25) is 0 Å². The summed E-state index contributed by atoms with van der Waals surface area (Å²) < 4.78 is 61.1. The highest BCUT2D eigenvalue weighted by atomic mass is 32.2. The van der Waals surface area contributed by atoms with Crippen molar-refractivity contribution in [3.05, 3.63) is 0 Å². The molecule has 0 amide bonds. The van der Waals surface area contributed by atoms with Gasteiger partial charge in [-0.3, -0.25) is 4.39 Å². The first-order valence-corrected chi connectivity index (χ1v) is 3.84. The summed E-state index contributed by atoms with van der Waals surface area (Å²) in [4.78, 5) is 0. The van der Waals surface area contributed by atoms with Crippen molar-refractivity contribution in [2.75, 3.05) is 12.4 Å². The molecule has 1 heterocycles. The zero-order chi connectivity index (χ0) is 8.70. The van der Waals surface area contributed by atoms with Gasteiger partial charge in [-0.05, 0) is 0 Å². The molecular weight excluding hydrogens is 187 g/mol. The lowest BCUT2D eigenvalue weighted by Crippen LogP contribution is -2.34. The number of alkyl halides is 5. The van der Waals surface area contributed by atoms with Crippen LogP contribution >= 0.6 is 11.8 Å². The van der Waals surface area contributed by atoms with E-state index in [1.807, 2.05) is 0 Å². The second-order valence-electron chi connectivity index (χ2n) is 2.32. The van der Waals surface area contributed by atoms with Crippen molar-refractivity contribution in [3.8, 4) is 0 Å². The van der Waals surface area contributed by atoms with Gasteiger partial charge >= 0.3 is 5.25 Å². The second kappa shape index (κ2) is 2.50. The van der Waals surface area contributed by atoms with Crippen LogP contribution in [0.1, 0.15) is 0 Å². The van der Waals surface area contributed by atoms with Gasteiger partial charge in [-0.1, -0.05) is 11.8 Å². The number of hydrogen-bond acceptors (Lipinski definition) is 1. The van der Waals surface area contributed by atoms with Crippen LogP contribution in [0, 0.1) is 5.92 Å². The van der Waals surface area contributed by atoms with E-state index in [4.69, 9.17) is 0 Å². The minimum atomic E-state index is -3.61. The van der Waals surface area contributed by atoms with E-state index in [2.05, 4.69) is 0 Å². The maximum atomic E-state index is 12.4. The van der Waals surface area contributed by atoms with Crippen LogP contribution < -0.4 is 0 Å². The Hall–Kier alpha value is -0.0000000000000000555. The lowest BCUT2D eigenvalue weighted by Gasteiger charge is -2.18. The first kappa shape index (κ1) is 9.09. The van der Waals surface area contributed by atoms with Crippen molar-refractivity contribution in [1.29, 1.82) is 0 Å². The molecule has 0 bridgehead atoms. The quantitative estimate of drug-likeness (QED) is 0.575. The molecule has 66 valence electrons. The van der Waals surface area contributed by atoms with E-state index in [1.165, 1.54) is 0 Å². The standard InChI is InChI=1S/C5H5F5S/c6-1-3-4(7,8)2-11-5(3,9)10/h3H,1-2H2. The van der Waals surface area contributed by atoms with Crippen molar-refractivity contribution in [2.45, 2.75) is 11.2 Å². The van der Waals surface area contributed by atoms with Crippen LogP contribution in [0.15, 0.2) is 0 Å². The Kier molecular flexibility index (Phi) is 2.07. The number of thioether (sulfide) groups is 1. The first-order valence-electron chi connectivity index (χ1n) is 2.86. The lowest BCUT2D eigenvalue weighted by molar-refractivity contribution is -0.106. The molecule has 1 unspecified atom stereocenters. The molecule has 0 spiro atoms. The van der Waals surface area contributed by atoms with Gasteiger partial charge in [-0.25, -0.2) is 8.78 Å². The predicted octanol–water partition coefficient (Wildman–Crippen LogP) is 2.55. The number of halogens is 5. The minimum Gasteiger partial charge on any atom is -0.250 e. The molecule has 1 aliphatic rings. The van der Waals surface area contributed by atoms with E-state index in [-0.39, 0.29) is 11.8 Å². The van der Waals surface area contributed by atoms with Crippen molar-refractivity contribution in [1.82, 2.24) is 0 Å². The molecule has 1 rings (SSSR count). The Balaban J connectivity index is 2.80. The molecule has 1 aliphatic heterocycles. The van der Waals surface area contributed by atoms with Gasteiger partial charge in [0, 0.05) is 0 Å². The van der Waals surface area contributed by atoms with Gasteiger partial charge in [0.15, 0.2) is 0 Å². The van der Waals surface area contributed by atoms with Gasteiger partial charge in [0.1, 0.15) is 12.6 Å². The molecule has 0 N–H and O–H groups in total. The first-order chi connectivity index (χ1) is 4.90. The molecule has 1 saturated heterocycles. The normalized spacial score (nSPS) is 34.1. The molecule has 1 atom stereocenters. The fourth-order valence-electron chi connectivity index (χ4n) is 0.842. The van der Waals surface area contributed by atoms with Crippen LogP contribution in [0.3, 0.4) is 0 Å². The zero-order valence-corrected chi connectivity index (χ0v) is 6.11. The smallest absolute Gasteiger partial charge is 0.250 e. The molecule has 0 aromatic heterocycles. The molecule has 0 radical (unpaired) electrons. The molecule has 0 aromatic carbocycles. The fourth-order valence-corrected chi connectivity index (χ4v) is 1.86. The minimum absolute atomic E-state index is 0.184. The van der Waals surface area contributed by atoms with Crippen molar-refractivity contribution in [2.24, 2.45) is 5.92 Å². The van der Waals surface area contributed by atoms with Crippen LogP contribution in [0.5, 0.6) is 0 Å². The highest BCUT2D eigenvalue weighted by Crippen LogP contribution is 2.53. The molecule has 0 nitrogen and oxygen atoms in total. The summed E-state index contributed by atoms with van der Waals surface area (Å²) in [5.41, 5.74) is 0. The van der Waals surface area contributed by atoms with E-state index in [0.717, 1.165) is 0 Å². The Morgan fingerprint density at radius 3 is 2.00 bits per heavy atom. The van der Waals surface area contributed by atoms with Crippen LogP contribution in [0.25, 0.3) is 0 Å². The summed E-state index contributed by atoms with van der Waals surface area (Å²) in [7, 11) is 0. The number of hydrogen-bond donors (Lipinski definition) is 0. The summed E-state index contributed by atoms with van der Waals surface area (Å²) >= 11 is -0.184. The molecule has 0 aromatic rings. The van der Waals surface area contributed by atoms with Crippen LogP contribution in [0.4, 0.5) is 22.0 Å². The summed E-state index contributed by atoms with van der Waals surface area (Å²) in [6.07, 6.45) is 0. The van der Waals surface area contributed by atoms with E-state index in [9.17, 15) is 22.0 Å². The van der Waals surface area contributed by atoms with E-state index in [1.54, 1.807) is 0 Å². The maximum absolute atomic E-state index is 12.4. The Morgan fingerprint density at radius 1 is 1.27 bits per heavy atom. The zero-order valence-electron chi connectivity index (χ0n) is 5.29. The largest absolute Gasteiger partial charge is 0.305 e. The summed E-state index contributed by atoms with van der Waals surface area (Å²) in [5.74, 6) is -7.00. The molecule has 6 heteroatoms. The third kappa shape index (κ3) is 1.45. The Labute approximate surface area is 64.1 Å². The van der Waals surface area contributed by atoms with Crippen molar-refractivity contribution >= 4 is 11.8 Å². The summed E-state index contributed by atoms with van der Waals surface area (Å²) in [6.45, 7) is -1.67. The van der Waals surface area contributed by atoms with Gasteiger partial charge in [0.05, 0.1) is 5.75 Å². The Bertz CT molecular complexity index is 141. The van der Waals surface area contributed by atoms with Crippen molar-refractivity contribution in [3.63, 3.8) is 0 Å². The molecule has 0 aliphatic carbocycles. The monoisotopic (exact) mass is 192 g/mol. The average Bonchev–Trinajstić information content (AvgIpc) is 2.03. The third-order valence-electron chi connectivity index (χ3n) is 1.53. The van der Waals surface area contributed by atoms with Gasteiger partial charge in [0.25, 0.3) is 5.92 Å². The molecule has 1 fully saturated rings. The molecule has 0 saturated carbocycles. The lowest BCUT2D eigenvalue weighted by atomic mass is 10.1. The number of rotatable bonds is 1. The van der Waals surface area contributed by atoms with E-state index in [0.29, 0.717) is 0 Å². The second-order valence-corrected chi connectivity index (χ2v) is 3.44. The fraction of sp³-hybridized carbons (Fsp3) is 1.00. The van der Waals surface area contributed by atoms with Crippen LogP contribution in [-0.2, 0) is 0 Å². The van der Waals surface area contributed by atoms with E-state index < -0.39 is 29.5 Å². The van der Waals surface area contributed by atoms with Crippen LogP contribution in [-0.4, -0.2) is 23.6 Å². The highest BCUT2D eigenvalue weighted by molar-refractivity contribution is 8.00. The third-order valence-corrected chi connectivity index (χ3v) is 2.73. The summed E-state index contributed by atoms with van der Waals surface area (Å²) in [6, 6.07) is 0. The van der Waals surface area contributed by atoms with E-state index >= 15 is 0 Å².